The lowest BCUT2D eigenvalue weighted by Crippen LogP contribution is -2.42. The van der Waals surface area contributed by atoms with Crippen LogP contribution in [0, 0.1) is 11.7 Å². The SMILES string of the molecule is CCNC(=O)CCN1CCC(C(=O)NCCc2ccccc2F)CC1. The first-order valence-corrected chi connectivity index (χ1v) is 9.10. The van der Waals surface area contributed by atoms with E-state index in [-0.39, 0.29) is 23.5 Å². The smallest absolute Gasteiger partial charge is 0.223 e. The summed E-state index contributed by atoms with van der Waals surface area (Å²) in [5.41, 5.74) is 0.628. The zero-order valence-electron chi connectivity index (χ0n) is 14.9. The summed E-state index contributed by atoms with van der Waals surface area (Å²) in [5.74, 6) is -0.0752. The van der Waals surface area contributed by atoms with Crippen LogP contribution in [0.4, 0.5) is 4.39 Å². The monoisotopic (exact) mass is 349 g/mol. The fourth-order valence-corrected chi connectivity index (χ4v) is 3.13. The van der Waals surface area contributed by atoms with Crippen LogP contribution in [0.1, 0.15) is 31.7 Å². The van der Waals surface area contributed by atoms with Crippen molar-refractivity contribution >= 4 is 11.8 Å². The molecule has 1 fully saturated rings. The number of carbonyl (C=O) groups excluding carboxylic acids is 2. The Kier molecular flexibility index (Phi) is 7.85. The molecule has 6 heteroatoms. The maximum Gasteiger partial charge on any atom is 0.223 e. The molecule has 1 aliphatic heterocycles. The summed E-state index contributed by atoms with van der Waals surface area (Å²) in [6.45, 7) is 5.45. The third-order valence-corrected chi connectivity index (χ3v) is 4.64. The number of amides is 2. The Balaban J connectivity index is 1.64. The molecular formula is C19H28FN3O2. The van der Waals surface area contributed by atoms with Gasteiger partial charge in [-0.05, 0) is 50.9 Å². The second-order valence-corrected chi connectivity index (χ2v) is 6.45. The van der Waals surface area contributed by atoms with Crippen molar-refractivity contribution in [3.8, 4) is 0 Å². The minimum Gasteiger partial charge on any atom is -0.356 e. The van der Waals surface area contributed by atoms with Crippen LogP contribution in [0.15, 0.2) is 24.3 Å². The minimum absolute atomic E-state index is 0.0151. The van der Waals surface area contributed by atoms with Crippen molar-refractivity contribution in [2.45, 2.75) is 32.6 Å². The van der Waals surface area contributed by atoms with Crippen LogP contribution in [0.2, 0.25) is 0 Å². The summed E-state index contributed by atoms with van der Waals surface area (Å²) in [6.07, 6.45) is 2.62. The van der Waals surface area contributed by atoms with Crippen LogP contribution < -0.4 is 10.6 Å². The van der Waals surface area contributed by atoms with Gasteiger partial charge in [-0.3, -0.25) is 9.59 Å². The van der Waals surface area contributed by atoms with Crippen molar-refractivity contribution in [1.29, 1.82) is 0 Å². The summed E-state index contributed by atoms with van der Waals surface area (Å²) in [7, 11) is 0. The van der Waals surface area contributed by atoms with Gasteiger partial charge in [0.1, 0.15) is 5.82 Å². The molecule has 0 aliphatic carbocycles. The van der Waals surface area contributed by atoms with E-state index in [2.05, 4.69) is 15.5 Å². The number of halogens is 1. The highest BCUT2D eigenvalue weighted by Crippen LogP contribution is 2.17. The van der Waals surface area contributed by atoms with Gasteiger partial charge in [0, 0.05) is 32.0 Å². The molecule has 138 valence electrons. The van der Waals surface area contributed by atoms with Gasteiger partial charge < -0.3 is 15.5 Å². The molecule has 1 heterocycles. The van der Waals surface area contributed by atoms with E-state index in [4.69, 9.17) is 0 Å². The number of nitrogens with zero attached hydrogens (tertiary/aromatic N) is 1. The molecule has 0 unspecified atom stereocenters. The molecule has 0 radical (unpaired) electrons. The van der Waals surface area contributed by atoms with Crippen LogP contribution in [-0.4, -0.2) is 49.4 Å². The predicted molar refractivity (Wildman–Crippen MR) is 95.6 cm³/mol. The van der Waals surface area contributed by atoms with E-state index < -0.39 is 0 Å². The Bertz CT molecular complexity index is 572. The lowest BCUT2D eigenvalue weighted by Gasteiger charge is -2.31. The molecule has 0 spiro atoms. The molecule has 1 aromatic carbocycles. The molecule has 2 N–H and O–H groups in total. The summed E-state index contributed by atoms with van der Waals surface area (Å²) >= 11 is 0. The quantitative estimate of drug-likeness (QED) is 0.751. The lowest BCUT2D eigenvalue weighted by atomic mass is 9.95. The number of hydrogen-bond donors (Lipinski definition) is 2. The van der Waals surface area contributed by atoms with E-state index in [1.165, 1.54) is 6.07 Å². The minimum atomic E-state index is -0.225. The first-order chi connectivity index (χ1) is 12.1. The number of piperidine rings is 1. The van der Waals surface area contributed by atoms with Crippen molar-refractivity contribution in [2.75, 3.05) is 32.7 Å². The van der Waals surface area contributed by atoms with Gasteiger partial charge >= 0.3 is 0 Å². The molecule has 0 atom stereocenters. The number of benzene rings is 1. The average Bonchev–Trinajstić information content (AvgIpc) is 2.62. The van der Waals surface area contributed by atoms with E-state index >= 15 is 0 Å². The molecule has 0 saturated carbocycles. The van der Waals surface area contributed by atoms with Crippen molar-refractivity contribution in [2.24, 2.45) is 5.92 Å². The van der Waals surface area contributed by atoms with Gasteiger partial charge in [0.25, 0.3) is 0 Å². The van der Waals surface area contributed by atoms with Gasteiger partial charge in [-0.25, -0.2) is 4.39 Å². The second kappa shape index (κ2) is 10.1. The summed E-state index contributed by atoms with van der Waals surface area (Å²) in [4.78, 5) is 26.0. The highest BCUT2D eigenvalue weighted by atomic mass is 19.1. The topological polar surface area (TPSA) is 61.4 Å². The third kappa shape index (κ3) is 6.46. The highest BCUT2D eigenvalue weighted by Gasteiger charge is 2.24. The predicted octanol–water partition coefficient (Wildman–Crippen LogP) is 1.72. The van der Waals surface area contributed by atoms with Crippen LogP contribution in [0.25, 0.3) is 0 Å². The van der Waals surface area contributed by atoms with Crippen molar-refractivity contribution < 1.29 is 14.0 Å². The van der Waals surface area contributed by atoms with E-state index in [0.29, 0.717) is 31.5 Å². The van der Waals surface area contributed by atoms with E-state index in [9.17, 15) is 14.0 Å². The molecule has 1 saturated heterocycles. The number of likely N-dealkylation sites (tertiary alicyclic amines) is 1. The van der Waals surface area contributed by atoms with E-state index in [1.54, 1.807) is 18.2 Å². The number of rotatable bonds is 8. The molecule has 0 bridgehead atoms. The van der Waals surface area contributed by atoms with E-state index in [0.717, 1.165) is 32.5 Å². The Labute approximate surface area is 149 Å². The zero-order valence-corrected chi connectivity index (χ0v) is 14.9. The summed E-state index contributed by atoms with van der Waals surface area (Å²) < 4.78 is 13.5. The molecule has 2 amide bonds. The van der Waals surface area contributed by atoms with Crippen LogP contribution in [-0.2, 0) is 16.0 Å². The average molecular weight is 349 g/mol. The number of hydrogen-bond acceptors (Lipinski definition) is 3. The second-order valence-electron chi connectivity index (χ2n) is 6.45. The molecule has 0 aromatic heterocycles. The van der Waals surface area contributed by atoms with Crippen LogP contribution in [0.3, 0.4) is 0 Å². The Hall–Kier alpha value is -1.95. The molecule has 25 heavy (non-hydrogen) atoms. The van der Waals surface area contributed by atoms with E-state index in [1.807, 2.05) is 6.92 Å². The zero-order chi connectivity index (χ0) is 18.1. The van der Waals surface area contributed by atoms with Gasteiger partial charge in [0.05, 0.1) is 0 Å². The summed E-state index contributed by atoms with van der Waals surface area (Å²) in [6, 6.07) is 6.65. The molecule has 1 aromatic rings. The maximum absolute atomic E-state index is 13.5. The van der Waals surface area contributed by atoms with Crippen LogP contribution >= 0.6 is 0 Å². The van der Waals surface area contributed by atoms with Gasteiger partial charge in [0.15, 0.2) is 0 Å². The highest BCUT2D eigenvalue weighted by molar-refractivity contribution is 5.78. The first kappa shape index (κ1) is 19.4. The summed E-state index contributed by atoms with van der Waals surface area (Å²) in [5, 5.41) is 5.72. The van der Waals surface area contributed by atoms with Crippen LogP contribution in [0.5, 0.6) is 0 Å². The molecular weight excluding hydrogens is 321 g/mol. The lowest BCUT2D eigenvalue weighted by molar-refractivity contribution is -0.127. The Morgan fingerprint density at radius 3 is 2.60 bits per heavy atom. The Morgan fingerprint density at radius 1 is 1.20 bits per heavy atom. The van der Waals surface area contributed by atoms with Gasteiger partial charge in [-0.2, -0.15) is 0 Å². The molecule has 5 nitrogen and oxygen atoms in total. The van der Waals surface area contributed by atoms with Crippen molar-refractivity contribution in [3.63, 3.8) is 0 Å². The Morgan fingerprint density at radius 2 is 1.92 bits per heavy atom. The fraction of sp³-hybridized carbons (Fsp3) is 0.579. The maximum atomic E-state index is 13.5. The van der Waals surface area contributed by atoms with Crippen molar-refractivity contribution in [3.05, 3.63) is 35.6 Å². The largest absolute Gasteiger partial charge is 0.356 e. The van der Waals surface area contributed by atoms with Gasteiger partial charge in [0.2, 0.25) is 11.8 Å². The van der Waals surface area contributed by atoms with Gasteiger partial charge in [-0.1, -0.05) is 18.2 Å². The normalized spacial score (nSPS) is 15.8. The third-order valence-electron chi connectivity index (χ3n) is 4.64. The van der Waals surface area contributed by atoms with Crippen molar-refractivity contribution in [1.82, 2.24) is 15.5 Å². The fourth-order valence-electron chi connectivity index (χ4n) is 3.13. The molecule has 1 aliphatic rings. The standard InChI is InChI=1S/C19H28FN3O2/c1-2-21-18(24)10-14-23-12-8-16(9-13-23)19(25)22-11-7-15-5-3-4-6-17(15)20/h3-6,16H,2,7-14H2,1H3,(H,21,24)(H,22,25). The molecule has 2 rings (SSSR count). The number of nitrogens with one attached hydrogen (secondary N) is 2. The van der Waals surface area contributed by atoms with Gasteiger partial charge in [-0.15, -0.1) is 0 Å². The first-order valence-electron chi connectivity index (χ1n) is 9.10. The number of carbonyl (C=O) groups is 2.